The lowest BCUT2D eigenvalue weighted by atomic mass is 10.1. The predicted octanol–water partition coefficient (Wildman–Crippen LogP) is 2.98. The Morgan fingerprint density at radius 2 is 1.74 bits per heavy atom. The molecule has 0 saturated carbocycles. The van der Waals surface area contributed by atoms with Gasteiger partial charge in [-0.05, 0) is 49.2 Å². The van der Waals surface area contributed by atoms with Gasteiger partial charge in [0.25, 0.3) is 10.0 Å². The molecule has 7 nitrogen and oxygen atoms in total. The van der Waals surface area contributed by atoms with Crippen LogP contribution in [0.4, 0.5) is 5.69 Å². The number of ketones is 2. The number of hydrogen-bond donors (Lipinski definition) is 2. The number of carbonyl (C=O) groups is 3. The molecular formula is C18H16ClNO6S. The van der Waals surface area contributed by atoms with Crippen molar-refractivity contribution < 1.29 is 27.9 Å². The second kappa shape index (κ2) is 7.89. The highest BCUT2D eigenvalue weighted by atomic mass is 35.5. The Balaban J connectivity index is 2.30. The van der Waals surface area contributed by atoms with Crippen LogP contribution in [0.2, 0.25) is 5.02 Å². The Labute approximate surface area is 161 Å². The lowest BCUT2D eigenvalue weighted by Gasteiger charge is -2.12. The zero-order valence-electron chi connectivity index (χ0n) is 14.4. The number of hydrogen-bond acceptors (Lipinski definition) is 5. The van der Waals surface area contributed by atoms with E-state index in [2.05, 4.69) is 4.72 Å². The first-order chi connectivity index (χ1) is 12.5. The maximum atomic E-state index is 12.7. The normalized spacial score (nSPS) is 11.1. The molecule has 0 unspecified atom stereocenters. The standard InChI is InChI=1S/C18H16ClNO6S/c1-10-7-17(11(2)6-14(10)19)27(25,26)20-13-5-3-4-12(8-13)15(21)9-16(22)18(23)24/h3-8,20H,9H2,1-2H3,(H,23,24). The van der Waals surface area contributed by atoms with E-state index >= 15 is 0 Å². The SMILES string of the molecule is Cc1cc(S(=O)(=O)Nc2cccc(C(=O)CC(=O)C(=O)O)c2)c(C)cc1Cl. The lowest BCUT2D eigenvalue weighted by Crippen LogP contribution is -2.18. The number of halogens is 1. The Morgan fingerprint density at radius 3 is 2.37 bits per heavy atom. The summed E-state index contributed by atoms with van der Waals surface area (Å²) in [5.74, 6) is -3.66. The molecular weight excluding hydrogens is 394 g/mol. The summed E-state index contributed by atoms with van der Waals surface area (Å²) in [5, 5.41) is 9.02. The highest BCUT2D eigenvalue weighted by molar-refractivity contribution is 7.92. The van der Waals surface area contributed by atoms with E-state index in [1.807, 2.05) is 0 Å². The number of rotatable bonds is 7. The van der Waals surface area contributed by atoms with Crippen molar-refractivity contribution in [3.63, 3.8) is 0 Å². The molecule has 0 spiro atoms. The molecule has 2 N–H and O–H groups in total. The minimum Gasteiger partial charge on any atom is -0.475 e. The van der Waals surface area contributed by atoms with Crippen molar-refractivity contribution in [2.75, 3.05) is 4.72 Å². The summed E-state index contributed by atoms with van der Waals surface area (Å²) in [5.41, 5.74) is 1.18. The summed E-state index contributed by atoms with van der Waals surface area (Å²) in [6.07, 6.45) is -0.805. The Hall–Kier alpha value is -2.71. The van der Waals surface area contributed by atoms with Gasteiger partial charge < -0.3 is 5.11 Å². The summed E-state index contributed by atoms with van der Waals surface area (Å²) in [7, 11) is -3.94. The van der Waals surface area contributed by atoms with Gasteiger partial charge in [-0.1, -0.05) is 23.7 Å². The summed E-state index contributed by atoms with van der Waals surface area (Å²) in [6, 6.07) is 8.46. The van der Waals surface area contributed by atoms with E-state index in [1.54, 1.807) is 19.9 Å². The van der Waals surface area contributed by atoms with Crippen LogP contribution in [-0.2, 0) is 19.6 Å². The predicted molar refractivity (Wildman–Crippen MR) is 99.8 cm³/mol. The Bertz CT molecular complexity index is 1050. The monoisotopic (exact) mass is 409 g/mol. The van der Waals surface area contributed by atoms with Gasteiger partial charge in [0, 0.05) is 16.3 Å². The first-order valence-electron chi connectivity index (χ1n) is 7.70. The molecule has 2 aromatic rings. The van der Waals surface area contributed by atoms with Crippen molar-refractivity contribution in [2.24, 2.45) is 0 Å². The number of carboxylic acid groups (broad SMARTS) is 1. The Morgan fingerprint density at radius 1 is 1.07 bits per heavy atom. The number of benzene rings is 2. The van der Waals surface area contributed by atoms with Gasteiger partial charge >= 0.3 is 5.97 Å². The van der Waals surface area contributed by atoms with Crippen molar-refractivity contribution in [1.29, 1.82) is 0 Å². The third-order valence-electron chi connectivity index (χ3n) is 3.74. The second-order valence-electron chi connectivity index (χ2n) is 5.88. The molecule has 9 heteroatoms. The van der Waals surface area contributed by atoms with Gasteiger partial charge in [-0.25, -0.2) is 13.2 Å². The number of Topliss-reactive ketones (excluding diaryl/α,β-unsaturated/α-hetero) is 2. The lowest BCUT2D eigenvalue weighted by molar-refractivity contribution is -0.148. The number of nitrogens with one attached hydrogen (secondary N) is 1. The highest BCUT2D eigenvalue weighted by Crippen LogP contribution is 2.26. The number of aliphatic carboxylic acids is 1. The summed E-state index contributed by atoms with van der Waals surface area (Å²) in [4.78, 5) is 33.8. The van der Waals surface area contributed by atoms with E-state index in [0.29, 0.717) is 16.1 Å². The maximum absolute atomic E-state index is 12.7. The van der Waals surface area contributed by atoms with E-state index < -0.39 is 34.0 Å². The first-order valence-corrected chi connectivity index (χ1v) is 9.56. The summed E-state index contributed by atoms with van der Waals surface area (Å²) < 4.78 is 27.7. The van der Waals surface area contributed by atoms with Crippen molar-refractivity contribution in [3.8, 4) is 0 Å². The minimum absolute atomic E-state index is 0.0220. The van der Waals surface area contributed by atoms with Crippen molar-refractivity contribution in [1.82, 2.24) is 0 Å². The highest BCUT2D eigenvalue weighted by Gasteiger charge is 2.21. The average molecular weight is 410 g/mol. The Kier molecular flexibility index (Phi) is 6.02. The smallest absolute Gasteiger partial charge is 0.372 e. The van der Waals surface area contributed by atoms with Gasteiger partial charge in [0.15, 0.2) is 5.78 Å². The molecule has 0 aliphatic heterocycles. The molecule has 0 aliphatic rings. The molecule has 2 rings (SSSR count). The van der Waals surface area contributed by atoms with E-state index in [-0.39, 0.29) is 16.1 Å². The molecule has 0 atom stereocenters. The average Bonchev–Trinajstić information content (AvgIpc) is 2.57. The topological polar surface area (TPSA) is 118 Å². The summed E-state index contributed by atoms with van der Waals surface area (Å²) >= 11 is 5.99. The number of sulfonamides is 1. The zero-order chi connectivity index (χ0) is 20.4. The number of aryl methyl sites for hydroxylation is 2. The fourth-order valence-corrected chi connectivity index (χ4v) is 3.91. The van der Waals surface area contributed by atoms with Gasteiger partial charge in [-0.2, -0.15) is 0 Å². The van der Waals surface area contributed by atoms with Gasteiger partial charge in [0.1, 0.15) is 0 Å². The quantitative estimate of drug-likeness (QED) is 0.412. The van der Waals surface area contributed by atoms with Crippen molar-refractivity contribution in [2.45, 2.75) is 25.2 Å². The van der Waals surface area contributed by atoms with E-state index in [1.165, 1.54) is 30.3 Å². The van der Waals surface area contributed by atoms with Crippen molar-refractivity contribution in [3.05, 3.63) is 58.1 Å². The number of anilines is 1. The van der Waals surface area contributed by atoms with E-state index in [4.69, 9.17) is 16.7 Å². The van der Waals surface area contributed by atoms with Gasteiger partial charge in [0.2, 0.25) is 5.78 Å². The van der Waals surface area contributed by atoms with E-state index in [0.717, 1.165) is 0 Å². The molecule has 0 fully saturated rings. The molecule has 0 saturated heterocycles. The molecule has 0 heterocycles. The molecule has 142 valence electrons. The molecule has 2 aromatic carbocycles. The van der Waals surface area contributed by atoms with Crippen LogP contribution in [-0.4, -0.2) is 31.1 Å². The molecule has 0 radical (unpaired) electrons. The van der Waals surface area contributed by atoms with Crippen LogP contribution in [0.3, 0.4) is 0 Å². The molecule has 0 aromatic heterocycles. The van der Waals surface area contributed by atoms with Crippen LogP contribution in [0.5, 0.6) is 0 Å². The molecule has 27 heavy (non-hydrogen) atoms. The van der Waals surface area contributed by atoms with E-state index in [9.17, 15) is 22.8 Å². The maximum Gasteiger partial charge on any atom is 0.372 e. The van der Waals surface area contributed by atoms with Crippen molar-refractivity contribution >= 4 is 44.8 Å². The fourth-order valence-electron chi connectivity index (χ4n) is 2.33. The number of carbonyl (C=O) groups excluding carboxylic acids is 2. The van der Waals surface area contributed by atoms with Crippen LogP contribution in [0, 0.1) is 13.8 Å². The van der Waals surface area contributed by atoms with Gasteiger partial charge in [0.05, 0.1) is 11.3 Å². The molecule has 0 amide bonds. The van der Waals surface area contributed by atoms with Crippen LogP contribution in [0.15, 0.2) is 41.3 Å². The third kappa shape index (κ3) is 4.93. The molecule has 0 bridgehead atoms. The molecule has 0 aliphatic carbocycles. The summed E-state index contributed by atoms with van der Waals surface area (Å²) in [6.45, 7) is 3.29. The van der Waals surface area contributed by atoms with Gasteiger partial charge in [-0.15, -0.1) is 0 Å². The van der Waals surface area contributed by atoms with Crippen LogP contribution >= 0.6 is 11.6 Å². The van der Waals surface area contributed by atoms with Crippen LogP contribution < -0.4 is 4.72 Å². The third-order valence-corrected chi connectivity index (χ3v) is 5.67. The number of carboxylic acids is 1. The van der Waals surface area contributed by atoms with Crippen LogP contribution in [0.1, 0.15) is 27.9 Å². The fraction of sp³-hybridized carbons (Fsp3) is 0.167. The second-order valence-corrected chi connectivity index (χ2v) is 7.94. The minimum atomic E-state index is -3.94. The van der Waals surface area contributed by atoms with Gasteiger partial charge in [-0.3, -0.25) is 14.3 Å². The zero-order valence-corrected chi connectivity index (χ0v) is 16.0. The van der Waals surface area contributed by atoms with Crippen LogP contribution in [0.25, 0.3) is 0 Å². The first kappa shape index (κ1) is 20.6. The largest absolute Gasteiger partial charge is 0.475 e.